The second-order valence-corrected chi connectivity index (χ2v) is 8.49. The summed E-state index contributed by atoms with van der Waals surface area (Å²) >= 11 is 1.29. The highest BCUT2D eigenvalue weighted by atomic mass is 32.1. The molecule has 2 heterocycles. The van der Waals surface area contributed by atoms with Gasteiger partial charge in [-0.15, -0.1) is 11.3 Å². The largest absolute Gasteiger partial charge is 0.383 e. The summed E-state index contributed by atoms with van der Waals surface area (Å²) in [5.74, 6) is 0.0331. The Morgan fingerprint density at radius 2 is 2.00 bits per heavy atom. The Hall–Kier alpha value is -2.42. The van der Waals surface area contributed by atoms with Crippen LogP contribution in [0.4, 0.5) is 11.5 Å². The van der Waals surface area contributed by atoms with Gasteiger partial charge in [0, 0.05) is 13.1 Å². The molecule has 0 aliphatic carbocycles. The third-order valence-corrected chi connectivity index (χ3v) is 5.55. The topological polar surface area (TPSA) is 114 Å². The van der Waals surface area contributed by atoms with Gasteiger partial charge in [-0.05, 0) is 32.6 Å². The molecule has 0 atom stereocenters. The molecule has 2 rings (SSSR count). The van der Waals surface area contributed by atoms with E-state index in [4.69, 9.17) is 5.73 Å². The summed E-state index contributed by atoms with van der Waals surface area (Å²) in [6.07, 6.45) is 2.30. The van der Waals surface area contributed by atoms with Crippen LogP contribution in [-0.2, 0) is 6.54 Å². The van der Waals surface area contributed by atoms with E-state index < -0.39 is 11.2 Å². The first kappa shape index (κ1) is 21.9. The van der Waals surface area contributed by atoms with E-state index in [9.17, 15) is 14.4 Å². The fourth-order valence-corrected chi connectivity index (χ4v) is 3.80. The number of hydrogen-bond acceptors (Lipinski definition) is 6. The standard InChI is InChI=1S/C19H29N5O3S/c1-6-7-9-24-16(20)14(17(25)22-19(24)27)23(10-8-11(2)3)18(26)15-12(4)21-13(5)28-15/h11H,6-10,20H2,1-5H3,(H,22,25,27). The summed E-state index contributed by atoms with van der Waals surface area (Å²) in [4.78, 5) is 46.7. The van der Waals surface area contributed by atoms with Crippen molar-refractivity contribution in [3.8, 4) is 0 Å². The van der Waals surface area contributed by atoms with Gasteiger partial charge in [-0.25, -0.2) is 9.78 Å². The molecule has 0 aliphatic heterocycles. The lowest BCUT2D eigenvalue weighted by molar-refractivity contribution is 0.0988. The second kappa shape index (κ2) is 9.18. The Morgan fingerprint density at radius 1 is 1.32 bits per heavy atom. The van der Waals surface area contributed by atoms with Crippen molar-refractivity contribution in [2.24, 2.45) is 5.92 Å². The zero-order chi connectivity index (χ0) is 21.0. The summed E-state index contributed by atoms with van der Waals surface area (Å²) in [6.45, 7) is 10.4. The lowest BCUT2D eigenvalue weighted by Crippen LogP contribution is -2.42. The molecule has 0 fully saturated rings. The number of hydrogen-bond donors (Lipinski definition) is 2. The van der Waals surface area contributed by atoms with Gasteiger partial charge in [-0.1, -0.05) is 27.2 Å². The van der Waals surface area contributed by atoms with Gasteiger partial charge in [-0.2, -0.15) is 0 Å². The maximum atomic E-state index is 13.3. The maximum Gasteiger partial charge on any atom is 0.330 e. The normalized spacial score (nSPS) is 11.2. The smallest absolute Gasteiger partial charge is 0.330 e. The molecular formula is C19H29N5O3S. The van der Waals surface area contributed by atoms with E-state index >= 15 is 0 Å². The van der Waals surface area contributed by atoms with Gasteiger partial charge in [0.1, 0.15) is 10.7 Å². The van der Waals surface area contributed by atoms with Crippen LogP contribution in [0.2, 0.25) is 0 Å². The lowest BCUT2D eigenvalue weighted by atomic mass is 10.1. The van der Waals surface area contributed by atoms with E-state index in [0.717, 1.165) is 17.8 Å². The first-order valence-electron chi connectivity index (χ1n) is 9.55. The molecule has 1 amide bonds. The highest BCUT2D eigenvalue weighted by Crippen LogP contribution is 2.25. The third-order valence-electron chi connectivity index (χ3n) is 4.49. The number of H-pyrrole nitrogens is 1. The first-order chi connectivity index (χ1) is 13.2. The minimum Gasteiger partial charge on any atom is -0.383 e. The Labute approximate surface area is 168 Å². The van der Waals surface area contributed by atoms with E-state index in [-0.39, 0.29) is 17.4 Å². The molecule has 0 aromatic carbocycles. The van der Waals surface area contributed by atoms with E-state index in [0.29, 0.717) is 36.0 Å². The molecule has 9 heteroatoms. The van der Waals surface area contributed by atoms with Crippen LogP contribution in [-0.4, -0.2) is 27.0 Å². The van der Waals surface area contributed by atoms with E-state index in [1.807, 2.05) is 27.7 Å². The van der Waals surface area contributed by atoms with E-state index in [1.54, 1.807) is 6.92 Å². The van der Waals surface area contributed by atoms with Crippen molar-refractivity contribution in [1.82, 2.24) is 14.5 Å². The Bertz CT molecular complexity index is 957. The minimum atomic E-state index is -0.647. The van der Waals surface area contributed by atoms with Crippen LogP contribution in [0.25, 0.3) is 0 Å². The Balaban J connectivity index is 2.60. The van der Waals surface area contributed by atoms with Crippen molar-refractivity contribution in [3.63, 3.8) is 0 Å². The van der Waals surface area contributed by atoms with Gasteiger partial charge >= 0.3 is 5.69 Å². The van der Waals surface area contributed by atoms with Crippen LogP contribution in [0.1, 0.15) is 60.4 Å². The quantitative estimate of drug-likeness (QED) is 0.698. The van der Waals surface area contributed by atoms with Crippen LogP contribution in [0.3, 0.4) is 0 Å². The highest BCUT2D eigenvalue weighted by molar-refractivity contribution is 7.13. The number of nitrogens with zero attached hydrogens (tertiary/aromatic N) is 3. The van der Waals surface area contributed by atoms with Gasteiger partial charge in [0.25, 0.3) is 11.5 Å². The maximum absolute atomic E-state index is 13.3. The minimum absolute atomic E-state index is 0.0261. The average Bonchev–Trinajstić information content (AvgIpc) is 2.94. The number of aromatic nitrogens is 3. The average molecular weight is 408 g/mol. The molecule has 2 aromatic rings. The number of thiazole rings is 1. The van der Waals surface area contributed by atoms with Gasteiger partial charge in [0.15, 0.2) is 5.69 Å². The van der Waals surface area contributed by atoms with Gasteiger partial charge < -0.3 is 5.73 Å². The first-order valence-corrected chi connectivity index (χ1v) is 10.4. The molecule has 0 bridgehead atoms. The zero-order valence-corrected chi connectivity index (χ0v) is 18.0. The van der Waals surface area contributed by atoms with Crippen molar-refractivity contribution in [2.45, 2.75) is 60.4 Å². The van der Waals surface area contributed by atoms with Gasteiger partial charge in [-0.3, -0.25) is 24.0 Å². The fraction of sp³-hybridized carbons (Fsp3) is 0.579. The molecule has 2 aromatic heterocycles. The number of nitrogen functional groups attached to an aromatic ring is 1. The van der Waals surface area contributed by atoms with E-state index in [1.165, 1.54) is 20.8 Å². The van der Waals surface area contributed by atoms with Crippen molar-refractivity contribution >= 4 is 28.7 Å². The number of aromatic amines is 1. The predicted molar refractivity (Wildman–Crippen MR) is 113 cm³/mol. The Kier molecular flexibility index (Phi) is 7.17. The highest BCUT2D eigenvalue weighted by Gasteiger charge is 2.27. The van der Waals surface area contributed by atoms with Crippen molar-refractivity contribution in [2.75, 3.05) is 17.2 Å². The molecule has 0 saturated carbocycles. The van der Waals surface area contributed by atoms with Gasteiger partial charge in [0.2, 0.25) is 0 Å². The summed E-state index contributed by atoms with van der Waals surface area (Å²) in [7, 11) is 0. The summed E-state index contributed by atoms with van der Waals surface area (Å²) in [5, 5.41) is 0.777. The molecule has 0 spiro atoms. The van der Waals surface area contributed by atoms with Crippen molar-refractivity contribution in [3.05, 3.63) is 36.4 Å². The molecule has 0 aliphatic rings. The molecular weight excluding hydrogens is 378 g/mol. The zero-order valence-electron chi connectivity index (χ0n) is 17.2. The lowest BCUT2D eigenvalue weighted by Gasteiger charge is -2.25. The summed E-state index contributed by atoms with van der Waals surface area (Å²) < 4.78 is 1.33. The van der Waals surface area contributed by atoms with Crippen LogP contribution in [0.15, 0.2) is 9.59 Å². The second-order valence-electron chi connectivity index (χ2n) is 7.29. The molecule has 0 unspecified atom stereocenters. The molecule has 154 valence electrons. The Morgan fingerprint density at radius 3 is 2.54 bits per heavy atom. The third kappa shape index (κ3) is 4.70. The number of rotatable bonds is 8. The summed E-state index contributed by atoms with van der Waals surface area (Å²) in [6, 6.07) is 0. The van der Waals surface area contributed by atoms with Crippen LogP contribution in [0, 0.1) is 19.8 Å². The van der Waals surface area contributed by atoms with Gasteiger partial charge in [0.05, 0.1) is 10.7 Å². The fourth-order valence-electron chi connectivity index (χ4n) is 2.93. The van der Waals surface area contributed by atoms with Crippen LogP contribution < -0.4 is 21.9 Å². The monoisotopic (exact) mass is 407 g/mol. The number of carbonyl (C=O) groups is 1. The van der Waals surface area contributed by atoms with E-state index in [2.05, 4.69) is 9.97 Å². The number of aryl methyl sites for hydroxylation is 2. The molecule has 8 nitrogen and oxygen atoms in total. The number of nitrogens with two attached hydrogens (primary N) is 1. The van der Waals surface area contributed by atoms with Crippen molar-refractivity contribution < 1.29 is 4.79 Å². The number of carbonyl (C=O) groups excluding carboxylic acids is 1. The number of amides is 1. The molecule has 0 saturated heterocycles. The number of nitrogens with one attached hydrogen (secondary N) is 1. The molecule has 0 radical (unpaired) electrons. The number of anilines is 2. The van der Waals surface area contributed by atoms with Crippen molar-refractivity contribution in [1.29, 1.82) is 0 Å². The molecule has 3 N–H and O–H groups in total. The van der Waals surface area contributed by atoms with Crippen LogP contribution in [0.5, 0.6) is 0 Å². The summed E-state index contributed by atoms with van der Waals surface area (Å²) in [5.41, 5.74) is 5.68. The number of unbranched alkanes of at least 4 members (excludes halogenated alkanes) is 1. The molecule has 28 heavy (non-hydrogen) atoms. The van der Waals surface area contributed by atoms with Crippen LogP contribution >= 0.6 is 11.3 Å². The predicted octanol–water partition coefficient (Wildman–Crippen LogP) is 2.69. The SMILES string of the molecule is CCCCn1c(N)c(N(CCC(C)C)C(=O)c2sc(C)nc2C)c(=O)[nH]c1=O.